The van der Waals surface area contributed by atoms with Crippen molar-refractivity contribution in [2.24, 2.45) is 0 Å². The van der Waals surface area contributed by atoms with Gasteiger partial charge in [0, 0.05) is 36.6 Å². The van der Waals surface area contributed by atoms with Gasteiger partial charge in [-0.1, -0.05) is 0 Å². The predicted octanol–water partition coefficient (Wildman–Crippen LogP) is 1.53. The molecule has 0 atom stereocenters. The van der Waals surface area contributed by atoms with Crippen LogP contribution in [-0.2, 0) is 10.3 Å². The highest BCUT2D eigenvalue weighted by Crippen LogP contribution is 2.43. The second-order valence-corrected chi connectivity index (χ2v) is 4.09. The van der Waals surface area contributed by atoms with Crippen LogP contribution in [0.3, 0.4) is 0 Å². The maximum Gasteiger partial charge on any atom is 0.0969 e. The third-order valence-electron chi connectivity index (χ3n) is 2.50. The van der Waals surface area contributed by atoms with E-state index in [4.69, 9.17) is 4.74 Å². The molecule has 1 aromatic heterocycles. The molecule has 72 valence electrons. The van der Waals surface area contributed by atoms with Gasteiger partial charge in [-0.2, -0.15) is 0 Å². The Morgan fingerprint density at radius 3 is 3.08 bits per heavy atom. The molecule has 0 unspecified atom stereocenters. The monoisotopic (exact) mass is 199 g/mol. The first-order valence-electron chi connectivity index (χ1n) is 4.48. The molecule has 1 N–H and O–H groups in total. The van der Waals surface area contributed by atoms with Crippen molar-refractivity contribution in [3.05, 3.63) is 17.1 Å². The number of nitrogens with zero attached hydrogens (tertiary/aromatic N) is 1. The lowest BCUT2D eigenvalue weighted by Gasteiger charge is -2.42. The van der Waals surface area contributed by atoms with Gasteiger partial charge >= 0.3 is 0 Å². The van der Waals surface area contributed by atoms with Crippen molar-refractivity contribution in [2.75, 3.05) is 6.61 Å². The van der Waals surface area contributed by atoms with Crippen LogP contribution in [0.5, 0.6) is 0 Å². The van der Waals surface area contributed by atoms with E-state index in [0.29, 0.717) is 12.8 Å². The van der Waals surface area contributed by atoms with E-state index in [1.54, 1.807) is 6.20 Å². The summed E-state index contributed by atoms with van der Waals surface area (Å²) in [4.78, 5) is 0. The van der Waals surface area contributed by atoms with Gasteiger partial charge in [0.25, 0.3) is 0 Å². The number of hydrogen-bond donors (Lipinski definition) is 1. The minimum absolute atomic E-state index is 0.231. The summed E-state index contributed by atoms with van der Waals surface area (Å²) in [5, 5.41) is 12.0. The first-order chi connectivity index (χ1) is 6.24. The molecule has 0 radical (unpaired) electrons. The molecule has 13 heavy (non-hydrogen) atoms. The summed E-state index contributed by atoms with van der Waals surface area (Å²) in [7, 11) is 0. The lowest BCUT2D eigenvalue weighted by Crippen LogP contribution is -2.45. The summed E-state index contributed by atoms with van der Waals surface area (Å²) < 4.78 is 9.38. The first-order valence-corrected chi connectivity index (χ1v) is 5.32. The molecule has 0 saturated heterocycles. The average molecular weight is 199 g/mol. The van der Waals surface area contributed by atoms with Crippen molar-refractivity contribution < 1.29 is 9.84 Å². The van der Waals surface area contributed by atoms with Crippen LogP contribution in [0.1, 0.15) is 25.3 Å². The fourth-order valence-corrected chi connectivity index (χ4v) is 2.35. The Morgan fingerprint density at radius 1 is 1.77 bits per heavy atom. The largest absolute Gasteiger partial charge is 0.385 e. The van der Waals surface area contributed by atoms with Gasteiger partial charge in [0.15, 0.2) is 0 Å². The highest BCUT2D eigenvalue weighted by molar-refractivity contribution is 7.03. The first kappa shape index (κ1) is 9.12. The maximum absolute atomic E-state index is 10.1. The zero-order valence-electron chi connectivity index (χ0n) is 7.56. The molecular weight excluding hydrogens is 186 g/mol. The van der Waals surface area contributed by atoms with Gasteiger partial charge in [-0.15, -0.1) is 0 Å². The Balaban J connectivity index is 1.96. The normalized spacial score (nSPS) is 32.9. The summed E-state index contributed by atoms with van der Waals surface area (Å²) in [6.07, 6.45) is 3.39. The van der Waals surface area contributed by atoms with Gasteiger partial charge in [-0.3, -0.25) is 0 Å². The van der Waals surface area contributed by atoms with Crippen LogP contribution >= 0.6 is 11.5 Å². The van der Waals surface area contributed by atoms with Crippen molar-refractivity contribution in [1.82, 2.24) is 4.37 Å². The molecule has 2 rings (SSSR count). The summed E-state index contributed by atoms with van der Waals surface area (Å²) >= 11 is 1.38. The number of aliphatic hydroxyl groups is 1. The van der Waals surface area contributed by atoms with Gasteiger partial charge in [-0.05, 0) is 18.5 Å². The number of aromatic nitrogens is 1. The lowest BCUT2D eigenvalue weighted by atomic mass is 9.74. The number of hydrogen-bond acceptors (Lipinski definition) is 4. The lowest BCUT2D eigenvalue weighted by molar-refractivity contribution is -0.142. The topological polar surface area (TPSA) is 42.4 Å². The van der Waals surface area contributed by atoms with E-state index >= 15 is 0 Å². The van der Waals surface area contributed by atoms with Gasteiger partial charge in [0.1, 0.15) is 0 Å². The van der Waals surface area contributed by atoms with Crippen molar-refractivity contribution >= 4 is 11.5 Å². The molecule has 0 aromatic carbocycles. The highest BCUT2D eigenvalue weighted by atomic mass is 32.1. The number of ether oxygens (including phenoxy) is 1. The van der Waals surface area contributed by atoms with E-state index < -0.39 is 5.60 Å². The van der Waals surface area contributed by atoms with E-state index in [0.717, 1.165) is 12.2 Å². The SMILES string of the molecule is CCOC1CC(O)(c2cnsc2)C1. The molecule has 4 heteroatoms. The van der Waals surface area contributed by atoms with E-state index in [9.17, 15) is 5.11 Å². The Bertz CT molecular complexity index is 267. The molecule has 1 aliphatic carbocycles. The van der Waals surface area contributed by atoms with Crippen LogP contribution in [-0.4, -0.2) is 22.2 Å². The van der Waals surface area contributed by atoms with Gasteiger partial charge in [0.2, 0.25) is 0 Å². The molecular formula is C9H13NO2S. The standard InChI is InChI=1S/C9H13NO2S/c1-2-12-8-3-9(11,4-8)7-5-10-13-6-7/h5-6,8,11H,2-4H2,1H3. The molecule has 1 aliphatic rings. The predicted molar refractivity (Wildman–Crippen MR) is 50.7 cm³/mol. The van der Waals surface area contributed by atoms with Crippen LogP contribution in [0.2, 0.25) is 0 Å². The fourth-order valence-electron chi connectivity index (χ4n) is 1.72. The van der Waals surface area contributed by atoms with Gasteiger partial charge < -0.3 is 9.84 Å². The second kappa shape index (κ2) is 3.36. The molecule has 0 aliphatic heterocycles. The second-order valence-electron chi connectivity index (χ2n) is 3.43. The third kappa shape index (κ3) is 1.61. The molecule has 1 saturated carbocycles. The summed E-state index contributed by atoms with van der Waals surface area (Å²) in [6, 6.07) is 0. The maximum atomic E-state index is 10.1. The van der Waals surface area contributed by atoms with Crippen molar-refractivity contribution in [2.45, 2.75) is 31.5 Å². The molecule has 3 nitrogen and oxygen atoms in total. The summed E-state index contributed by atoms with van der Waals surface area (Å²) in [6.45, 7) is 2.70. The van der Waals surface area contributed by atoms with E-state index in [1.807, 2.05) is 12.3 Å². The van der Waals surface area contributed by atoms with E-state index in [2.05, 4.69) is 4.37 Å². The van der Waals surface area contributed by atoms with Crippen molar-refractivity contribution in [1.29, 1.82) is 0 Å². The Hall–Kier alpha value is -0.450. The zero-order valence-corrected chi connectivity index (χ0v) is 8.38. The molecule has 0 amide bonds. The minimum Gasteiger partial charge on any atom is -0.385 e. The summed E-state index contributed by atoms with van der Waals surface area (Å²) in [5.74, 6) is 0. The third-order valence-corrected chi connectivity index (χ3v) is 3.09. The molecule has 1 heterocycles. The fraction of sp³-hybridized carbons (Fsp3) is 0.667. The minimum atomic E-state index is -0.660. The Morgan fingerprint density at radius 2 is 2.54 bits per heavy atom. The Labute approximate surface area is 81.5 Å². The van der Waals surface area contributed by atoms with Crippen LogP contribution in [0, 0.1) is 0 Å². The quantitative estimate of drug-likeness (QED) is 0.802. The zero-order chi connectivity index (χ0) is 9.31. The van der Waals surface area contributed by atoms with Crippen LogP contribution < -0.4 is 0 Å². The van der Waals surface area contributed by atoms with E-state index in [-0.39, 0.29) is 6.10 Å². The summed E-state index contributed by atoms with van der Waals surface area (Å²) in [5.41, 5.74) is 0.278. The smallest absolute Gasteiger partial charge is 0.0969 e. The Kier molecular flexibility index (Phi) is 2.36. The van der Waals surface area contributed by atoms with Crippen LogP contribution in [0.4, 0.5) is 0 Å². The van der Waals surface area contributed by atoms with Crippen molar-refractivity contribution in [3.8, 4) is 0 Å². The van der Waals surface area contributed by atoms with E-state index in [1.165, 1.54) is 11.5 Å². The van der Waals surface area contributed by atoms with Crippen LogP contribution in [0.25, 0.3) is 0 Å². The average Bonchev–Trinajstić information content (AvgIpc) is 2.53. The van der Waals surface area contributed by atoms with Crippen LogP contribution in [0.15, 0.2) is 11.6 Å². The van der Waals surface area contributed by atoms with Gasteiger partial charge in [-0.25, -0.2) is 4.37 Å². The molecule has 1 aromatic rings. The van der Waals surface area contributed by atoms with Crippen molar-refractivity contribution in [3.63, 3.8) is 0 Å². The highest BCUT2D eigenvalue weighted by Gasteiger charge is 2.45. The van der Waals surface area contributed by atoms with Gasteiger partial charge in [0.05, 0.1) is 11.7 Å². The molecule has 0 spiro atoms. The molecule has 1 fully saturated rings. The number of rotatable bonds is 3. The molecule has 0 bridgehead atoms.